The fourth-order valence-corrected chi connectivity index (χ4v) is 5.16. The quantitative estimate of drug-likeness (QED) is 0.539. The van der Waals surface area contributed by atoms with E-state index in [0.29, 0.717) is 37.2 Å². The van der Waals surface area contributed by atoms with Gasteiger partial charge in [0.25, 0.3) is 5.91 Å². The molecule has 1 aromatic heterocycles. The molecule has 1 saturated heterocycles. The number of carbonyl (C=O) groups excluding carboxylic acids is 1. The van der Waals surface area contributed by atoms with Crippen LogP contribution in [0.4, 0.5) is 0 Å². The Bertz CT molecular complexity index is 1310. The highest BCUT2D eigenvalue weighted by Gasteiger charge is 2.45. The van der Waals surface area contributed by atoms with Crippen LogP contribution in [0.3, 0.4) is 0 Å². The second-order valence-corrected chi connectivity index (χ2v) is 9.51. The summed E-state index contributed by atoms with van der Waals surface area (Å²) in [5.41, 5.74) is 4.66. The molecule has 174 valence electrons. The molecule has 1 fully saturated rings. The third-order valence-corrected chi connectivity index (χ3v) is 6.83. The number of benzene rings is 2. The van der Waals surface area contributed by atoms with E-state index in [-0.39, 0.29) is 12.0 Å². The molecule has 2 aliphatic heterocycles. The number of fused-ring (bicyclic) bond motifs is 4. The Balaban J connectivity index is 1.40. The number of nitriles is 1. The number of rotatable bonds is 3. The molecule has 3 heterocycles. The number of piperidine rings is 1. The zero-order valence-electron chi connectivity index (χ0n) is 20.1. The summed E-state index contributed by atoms with van der Waals surface area (Å²) < 4.78 is 14.5. The molecular formula is C28H29N3O3. The first kappa shape index (κ1) is 22.1. The van der Waals surface area contributed by atoms with Gasteiger partial charge in [-0.1, -0.05) is 12.1 Å². The predicted octanol–water partition coefficient (Wildman–Crippen LogP) is 5.28. The van der Waals surface area contributed by atoms with Crippen LogP contribution in [-0.4, -0.2) is 34.6 Å². The maximum Gasteiger partial charge on any atom is 0.253 e. The lowest BCUT2D eigenvalue weighted by Crippen LogP contribution is -2.50. The van der Waals surface area contributed by atoms with Gasteiger partial charge in [-0.2, -0.15) is 5.26 Å². The van der Waals surface area contributed by atoms with E-state index < -0.39 is 5.60 Å². The second kappa shape index (κ2) is 8.25. The van der Waals surface area contributed by atoms with Gasteiger partial charge in [-0.05, 0) is 75.2 Å². The number of aromatic nitrogens is 1. The van der Waals surface area contributed by atoms with Crippen molar-refractivity contribution in [2.24, 2.45) is 0 Å². The molecule has 5 rings (SSSR count). The zero-order chi connectivity index (χ0) is 24.0. The third-order valence-electron chi connectivity index (χ3n) is 6.83. The van der Waals surface area contributed by atoms with Crippen molar-refractivity contribution in [3.8, 4) is 23.3 Å². The van der Waals surface area contributed by atoms with Gasteiger partial charge in [0.2, 0.25) is 0 Å². The van der Waals surface area contributed by atoms with Crippen molar-refractivity contribution in [2.75, 3.05) is 13.1 Å². The Morgan fingerprint density at radius 1 is 1.09 bits per heavy atom. The van der Waals surface area contributed by atoms with Crippen molar-refractivity contribution in [3.05, 3.63) is 76.6 Å². The average Bonchev–Trinajstić information content (AvgIpc) is 3.25. The Hall–Kier alpha value is -3.72. The van der Waals surface area contributed by atoms with Gasteiger partial charge in [-0.3, -0.25) is 9.36 Å². The number of para-hydroxylation sites is 1. The van der Waals surface area contributed by atoms with E-state index >= 15 is 0 Å². The molecule has 0 bridgehead atoms. The molecule has 6 heteroatoms. The summed E-state index contributed by atoms with van der Waals surface area (Å²) in [5, 5.41) is 9.74. The minimum absolute atomic E-state index is 0.0224. The summed E-state index contributed by atoms with van der Waals surface area (Å²) in [6.07, 6.45) is 1.41. The van der Waals surface area contributed by atoms with Crippen molar-refractivity contribution in [2.45, 2.75) is 52.2 Å². The summed E-state index contributed by atoms with van der Waals surface area (Å²) >= 11 is 0. The molecular weight excluding hydrogens is 426 g/mol. The number of aryl methyl sites for hydroxylation is 2. The molecule has 0 aliphatic carbocycles. The van der Waals surface area contributed by atoms with Gasteiger partial charge in [0, 0.05) is 31.5 Å². The number of ether oxygens (including phenoxy) is 2. The van der Waals surface area contributed by atoms with Crippen LogP contribution in [-0.2, 0) is 5.60 Å². The van der Waals surface area contributed by atoms with Crippen LogP contribution < -0.4 is 9.47 Å². The molecule has 0 atom stereocenters. The minimum Gasteiger partial charge on any atom is -0.491 e. The lowest BCUT2D eigenvalue weighted by molar-refractivity contribution is -0.00944. The molecule has 2 aliphatic rings. The topological polar surface area (TPSA) is 67.5 Å². The highest BCUT2D eigenvalue weighted by atomic mass is 16.5. The fraction of sp³-hybridized carbons (Fsp3) is 0.357. The smallest absolute Gasteiger partial charge is 0.253 e. The van der Waals surface area contributed by atoms with E-state index in [2.05, 4.69) is 6.07 Å². The lowest BCUT2D eigenvalue weighted by Gasteiger charge is -2.45. The van der Waals surface area contributed by atoms with Gasteiger partial charge in [0.1, 0.15) is 23.3 Å². The Labute approximate surface area is 200 Å². The molecule has 3 aromatic rings. The largest absolute Gasteiger partial charge is 0.491 e. The van der Waals surface area contributed by atoms with E-state index in [4.69, 9.17) is 9.47 Å². The van der Waals surface area contributed by atoms with Gasteiger partial charge >= 0.3 is 0 Å². The van der Waals surface area contributed by atoms with Crippen LogP contribution in [0.1, 0.15) is 59.6 Å². The maximum atomic E-state index is 13.3. The van der Waals surface area contributed by atoms with E-state index in [0.717, 1.165) is 34.0 Å². The molecule has 1 amide bonds. The van der Waals surface area contributed by atoms with Gasteiger partial charge in [-0.25, -0.2) is 0 Å². The second-order valence-electron chi connectivity index (χ2n) is 9.51. The van der Waals surface area contributed by atoms with Crippen LogP contribution in [0.5, 0.6) is 11.5 Å². The van der Waals surface area contributed by atoms with Crippen LogP contribution in [0.2, 0.25) is 0 Å². The first-order valence-corrected chi connectivity index (χ1v) is 11.8. The SMILES string of the molecule is Cc1cc(C(=O)N2CCC3(CC2)Oc2cccc(C)c2-n2c(C#N)ccc23)ccc1OC(C)C. The first-order valence-electron chi connectivity index (χ1n) is 11.8. The predicted molar refractivity (Wildman–Crippen MR) is 130 cm³/mol. The normalized spacial score (nSPS) is 15.9. The molecule has 34 heavy (non-hydrogen) atoms. The molecule has 0 saturated carbocycles. The maximum absolute atomic E-state index is 13.3. The van der Waals surface area contributed by atoms with Crippen molar-refractivity contribution >= 4 is 5.91 Å². The van der Waals surface area contributed by atoms with E-state index in [1.54, 1.807) is 0 Å². The van der Waals surface area contributed by atoms with Crippen LogP contribution in [0.25, 0.3) is 5.69 Å². The fourth-order valence-electron chi connectivity index (χ4n) is 5.16. The lowest BCUT2D eigenvalue weighted by atomic mass is 9.86. The Morgan fingerprint density at radius 3 is 2.53 bits per heavy atom. The number of hydrogen-bond acceptors (Lipinski definition) is 4. The zero-order valence-corrected chi connectivity index (χ0v) is 20.1. The van der Waals surface area contributed by atoms with Crippen LogP contribution in [0, 0.1) is 25.2 Å². The molecule has 1 spiro atoms. The van der Waals surface area contributed by atoms with Crippen molar-refractivity contribution in [1.29, 1.82) is 5.26 Å². The summed E-state index contributed by atoms with van der Waals surface area (Å²) in [6.45, 7) is 9.14. The van der Waals surface area contributed by atoms with Crippen LogP contribution >= 0.6 is 0 Å². The molecule has 0 unspecified atom stereocenters. The molecule has 0 N–H and O–H groups in total. The highest BCUT2D eigenvalue weighted by molar-refractivity contribution is 5.94. The average molecular weight is 456 g/mol. The summed E-state index contributed by atoms with van der Waals surface area (Å²) in [4.78, 5) is 15.2. The van der Waals surface area contributed by atoms with E-state index in [1.165, 1.54) is 0 Å². The van der Waals surface area contributed by atoms with Gasteiger partial charge < -0.3 is 14.4 Å². The van der Waals surface area contributed by atoms with Crippen molar-refractivity contribution in [1.82, 2.24) is 9.47 Å². The molecule has 0 radical (unpaired) electrons. The number of amides is 1. The van der Waals surface area contributed by atoms with E-state index in [1.807, 2.05) is 85.7 Å². The van der Waals surface area contributed by atoms with Crippen molar-refractivity contribution in [3.63, 3.8) is 0 Å². The number of likely N-dealkylation sites (tertiary alicyclic amines) is 1. The molecule has 6 nitrogen and oxygen atoms in total. The van der Waals surface area contributed by atoms with E-state index in [9.17, 15) is 10.1 Å². The van der Waals surface area contributed by atoms with Gasteiger partial charge in [-0.15, -0.1) is 0 Å². The minimum atomic E-state index is -0.558. The number of nitrogens with zero attached hydrogens (tertiary/aromatic N) is 3. The van der Waals surface area contributed by atoms with Gasteiger partial charge in [0.05, 0.1) is 17.5 Å². The van der Waals surface area contributed by atoms with Crippen LogP contribution in [0.15, 0.2) is 48.5 Å². The monoisotopic (exact) mass is 455 g/mol. The number of carbonyl (C=O) groups is 1. The first-order chi connectivity index (χ1) is 16.3. The van der Waals surface area contributed by atoms with Crippen molar-refractivity contribution < 1.29 is 14.3 Å². The Morgan fingerprint density at radius 2 is 1.85 bits per heavy atom. The summed E-state index contributed by atoms with van der Waals surface area (Å²) in [5.74, 6) is 1.62. The summed E-state index contributed by atoms with van der Waals surface area (Å²) in [7, 11) is 0. The number of hydrogen-bond donors (Lipinski definition) is 0. The van der Waals surface area contributed by atoms with Gasteiger partial charge in [0.15, 0.2) is 5.60 Å². The Kier molecular flexibility index (Phi) is 5.36. The third kappa shape index (κ3) is 3.52. The highest BCUT2D eigenvalue weighted by Crippen LogP contribution is 2.47. The standard InChI is InChI=1S/C28H29N3O3/c1-18(2)33-23-10-8-21(16-20(23)4)27(32)30-14-12-28(13-15-30)25-11-9-22(17-29)31(25)26-19(3)6-5-7-24(26)34-28/h5-11,16,18H,12-15H2,1-4H3. The summed E-state index contributed by atoms with van der Waals surface area (Å²) in [6, 6.07) is 17.8. The molecule has 2 aromatic carbocycles.